The lowest BCUT2D eigenvalue weighted by Crippen LogP contribution is -2.31. The molecule has 1 fully saturated rings. The van der Waals surface area contributed by atoms with Crippen molar-refractivity contribution in [3.05, 3.63) is 70.0 Å². The van der Waals surface area contributed by atoms with Crippen LogP contribution in [0.3, 0.4) is 0 Å². The Labute approximate surface area is 183 Å². The Bertz CT molecular complexity index is 1190. The fourth-order valence-electron chi connectivity index (χ4n) is 3.28. The molecule has 0 saturated heterocycles. The van der Waals surface area contributed by atoms with Crippen molar-refractivity contribution in [2.45, 2.75) is 42.8 Å². The maximum absolute atomic E-state index is 13.0. The summed E-state index contributed by atoms with van der Waals surface area (Å²) < 4.78 is 6.43. The first-order valence-corrected chi connectivity index (χ1v) is 11.0. The molecule has 1 amide bonds. The number of ether oxygens (including phenoxy) is 1. The monoisotopic (exact) mass is 437 g/mol. The average Bonchev–Trinajstić information content (AvgIpc) is 3.62. The number of esters is 1. The van der Waals surface area contributed by atoms with Crippen LogP contribution in [0.15, 0.2) is 58.5 Å². The van der Waals surface area contributed by atoms with Crippen molar-refractivity contribution < 1.29 is 14.3 Å². The van der Waals surface area contributed by atoms with Gasteiger partial charge in [-0.2, -0.15) is 0 Å². The maximum Gasteiger partial charge on any atom is 0.337 e. The summed E-state index contributed by atoms with van der Waals surface area (Å²) in [6, 6.07) is 14.4. The quantitative estimate of drug-likeness (QED) is 0.346. The van der Waals surface area contributed by atoms with Gasteiger partial charge in [0.15, 0.2) is 5.16 Å². The van der Waals surface area contributed by atoms with Crippen LogP contribution in [0.25, 0.3) is 10.9 Å². The Hall–Kier alpha value is -3.13. The van der Waals surface area contributed by atoms with Crippen molar-refractivity contribution >= 4 is 34.5 Å². The zero-order valence-corrected chi connectivity index (χ0v) is 18.1. The lowest BCUT2D eigenvalue weighted by molar-refractivity contribution is -0.120. The predicted molar refractivity (Wildman–Crippen MR) is 119 cm³/mol. The number of thioether (sulfide) groups is 1. The van der Waals surface area contributed by atoms with Crippen molar-refractivity contribution in [1.29, 1.82) is 0 Å². The number of hydrogen-bond acceptors (Lipinski definition) is 6. The van der Waals surface area contributed by atoms with E-state index in [-0.39, 0.29) is 17.5 Å². The molecule has 7 nitrogen and oxygen atoms in total. The number of methoxy groups -OCH3 is 1. The fourth-order valence-corrected chi connectivity index (χ4v) is 4.29. The van der Waals surface area contributed by atoms with Crippen LogP contribution in [0.4, 0.5) is 0 Å². The first kappa shape index (κ1) is 21.1. The van der Waals surface area contributed by atoms with Gasteiger partial charge in [0.05, 0.1) is 28.8 Å². The van der Waals surface area contributed by atoms with Gasteiger partial charge < -0.3 is 10.1 Å². The molecule has 4 rings (SSSR count). The molecule has 1 heterocycles. The number of para-hydroxylation sites is 1. The first-order chi connectivity index (χ1) is 15.0. The Balaban J connectivity index is 1.45. The summed E-state index contributed by atoms with van der Waals surface area (Å²) >= 11 is 1.30. The summed E-state index contributed by atoms with van der Waals surface area (Å²) in [5.74, 6) is -0.544. The number of carbonyl (C=O) groups is 2. The second-order valence-electron chi connectivity index (χ2n) is 7.48. The summed E-state index contributed by atoms with van der Waals surface area (Å²) in [4.78, 5) is 41.8. The zero-order chi connectivity index (χ0) is 22.0. The molecule has 0 aliphatic heterocycles. The van der Waals surface area contributed by atoms with Crippen LogP contribution in [0.2, 0.25) is 0 Å². The molecule has 8 heteroatoms. The van der Waals surface area contributed by atoms with Crippen molar-refractivity contribution in [2.75, 3.05) is 7.11 Å². The third-order valence-corrected chi connectivity index (χ3v) is 6.25. The second-order valence-corrected chi connectivity index (χ2v) is 8.79. The van der Waals surface area contributed by atoms with E-state index in [2.05, 4.69) is 15.0 Å². The molecule has 0 bridgehead atoms. The molecule has 31 heavy (non-hydrogen) atoms. The standard InChI is InChI=1S/C23H23N3O4S/c1-14(20(27)24-13-15-7-9-16(10-8-15)22(29)30-2)31-23-25-19-6-4-3-5-18(19)21(28)26(23)17-11-12-17/h3-10,14,17H,11-13H2,1-2H3,(H,24,27)/t14-/m1/s1. The number of aromatic nitrogens is 2. The number of amides is 1. The number of fused-ring (bicyclic) bond motifs is 1. The van der Waals surface area contributed by atoms with Crippen molar-refractivity contribution in [2.24, 2.45) is 0 Å². The summed E-state index contributed by atoms with van der Waals surface area (Å²) in [5.41, 5.74) is 1.93. The highest BCUT2D eigenvalue weighted by Gasteiger charge is 2.30. The molecule has 1 N–H and O–H groups in total. The van der Waals surface area contributed by atoms with Gasteiger partial charge in [-0.05, 0) is 49.6 Å². The van der Waals surface area contributed by atoms with E-state index in [0.717, 1.165) is 18.4 Å². The number of carbonyl (C=O) groups excluding carboxylic acids is 2. The number of nitrogens with one attached hydrogen (secondary N) is 1. The minimum atomic E-state index is -0.424. The highest BCUT2D eigenvalue weighted by Crippen LogP contribution is 2.37. The summed E-state index contributed by atoms with van der Waals surface area (Å²) in [6.07, 6.45) is 1.91. The molecular weight excluding hydrogens is 414 g/mol. The maximum atomic E-state index is 13.0. The third kappa shape index (κ3) is 4.64. The van der Waals surface area contributed by atoms with Crippen LogP contribution >= 0.6 is 11.8 Å². The lowest BCUT2D eigenvalue weighted by atomic mass is 10.1. The molecule has 0 unspecified atom stereocenters. The van der Waals surface area contributed by atoms with Crippen molar-refractivity contribution in [1.82, 2.24) is 14.9 Å². The van der Waals surface area contributed by atoms with E-state index >= 15 is 0 Å². The van der Waals surface area contributed by atoms with Gasteiger partial charge in [-0.15, -0.1) is 0 Å². The minimum Gasteiger partial charge on any atom is -0.465 e. The molecule has 3 aromatic rings. The highest BCUT2D eigenvalue weighted by molar-refractivity contribution is 8.00. The summed E-state index contributed by atoms with van der Waals surface area (Å²) in [6.45, 7) is 2.14. The Morgan fingerprint density at radius 1 is 1.19 bits per heavy atom. The molecule has 160 valence electrons. The van der Waals surface area contributed by atoms with E-state index in [0.29, 0.717) is 28.2 Å². The molecule has 1 aliphatic rings. The smallest absolute Gasteiger partial charge is 0.337 e. The molecule has 1 saturated carbocycles. The molecular formula is C23H23N3O4S. The number of hydrogen-bond donors (Lipinski definition) is 1. The molecule has 0 spiro atoms. The SMILES string of the molecule is COC(=O)c1ccc(CNC(=O)[C@@H](C)Sc2nc3ccccc3c(=O)n2C2CC2)cc1. The van der Waals surface area contributed by atoms with E-state index in [1.165, 1.54) is 18.9 Å². The van der Waals surface area contributed by atoms with E-state index in [1.807, 2.05) is 18.2 Å². The molecule has 1 atom stereocenters. The van der Waals surface area contributed by atoms with Gasteiger partial charge in [-0.1, -0.05) is 36.0 Å². The zero-order valence-electron chi connectivity index (χ0n) is 17.3. The van der Waals surface area contributed by atoms with Gasteiger partial charge in [0, 0.05) is 12.6 Å². The van der Waals surface area contributed by atoms with Crippen molar-refractivity contribution in [3.8, 4) is 0 Å². The van der Waals surface area contributed by atoms with Gasteiger partial charge in [-0.25, -0.2) is 9.78 Å². The summed E-state index contributed by atoms with van der Waals surface area (Å²) in [7, 11) is 1.34. The van der Waals surface area contributed by atoms with Gasteiger partial charge >= 0.3 is 5.97 Å². The van der Waals surface area contributed by atoms with E-state index in [4.69, 9.17) is 0 Å². The Morgan fingerprint density at radius 3 is 2.58 bits per heavy atom. The normalized spacial score (nSPS) is 14.3. The van der Waals surface area contributed by atoms with Crippen LogP contribution in [0, 0.1) is 0 Å². The van der Waals surface area contributed by atoms with Gasteiger partial charge in [0.1, 0.15) is 0 Å². The Morgan fingerprint density at radius 2 is 1.90 bits per heavy atom. The van der Waals surface area contributed by atoms with Gasteiger partial charge in [0.25, 0.3) is 5.56 Å². The minimum absolute atomic E-state index is 0.0473. The predicted octanol–water partition coefficient (Wildman–Crippen LogP) is 3.32. The molecule has 0 radical (unpaired) electrons. The van der Waals surface area contributed by atoms with Crippen molar-refractivity contribution in [3.63, 3.8) is 0 Å². The summed E-state index contributed by atoms with van der Waals surface area (Å²) in [5, 5.41) is 3.67. The Kier molecular flexibility index (Phi) is 6.08. The number of benzene rings is 2. The van der Waals surface area contributed by atoms with Crippen LogP contribution in [-0.4, -0.2) is 33.8 Å². The van der Waals surface area contributed by atoms with Gasteiger partial charge in [-0.3, -0.25) is 14.2 Å². The lowest BCUT2D eigenvalue weighted by Gasteiger charge is -2.16. The average molecular weight is 438 g/mol. The van der Waals surface area contributed by atoms with Crippen LogP contribution < -0.4 is 10.9 Å². The van der Waals surface area contributed by atoms with E-state index in [1.54, 1.807) is 41.8 Å². The largest absolute Gasteiger partial charge is 0.465 e. The number of rotatable bonds is 7. The first-order valence-electron chi connectivity index (χ1n) is 10.1. The number of nitrogens with zero attached hydrogens (tertiary/aromatic N) is 2. The van der Waals surface area contributed by atoms with Gasteiger partial charge in [0.2, 0.25) is 5.91 Å². The van der Waals surface area contributed by atoms with E-state index < -0.39 is 11.2 Å². The fraction of sp³-hybridized carbons (Fsp3) is 0.304. The topological polar surface area (TPSA) is 90.3 Å². The highest BCUT2D eigenvalue weighted by atomic mass is 32.2. The molecule has 1 aliphatic carbocycles. The van der Waals surface area contributed by atoms with Crippen LogP contribution in [0.1, 0.15) is 41.7 Å². The second kappa shape index (κ2) is 8.93. The van der Waals surface area contributed by atoms with E-state index in [9.17, 15) is 14.4 Å². The molecule has 2 aromatic carbocycles. The van der Waals surface area contributed by atoms with Crippen LogP contribution in [0.5, 0.6) is 0 Å². The third-order valence-electron chi connectivity index (χ3n) is 5.18. The molecule has 1 aromatic heterocycles. The van der Waals surface area contributed by atoms with Crippen LogP contribution in [-0.2, 0) is 16.1 Å².